The maximum atomic E-state index is 13.2. The number of benzene rings is 2. The molecular weight excluding hydrogens is 531 g/mol. The minimum atomic E-state index is -0.540. The number of nitrogens with zero attached hydrogens (tertiary/aromatic N) is 1. The van der Waals surface area contributed by atoms with Gasteiger partial charge < -0.3 is 10.2 Å². The van der Waals surface area contributed by atoms with Crippen LogP contribution in [0.1, 0.15) is 44.2 Å². The number of carbonyl (C=O) groups excluding carboxylic acids is 2. The van der Waals surface area contributed by atoms with Gasteiger partial charge in [-0.1, -0.05) is 77.6 Å². The van der Waals surface area contributed by atoms with Crippen LogP contribution >= 0.6 is 50.9 Å². The Morgan fingerprint density at radius 1 is 1.06 bits per heavy atom. The molecule has 0 saturated carbocycles. The van der Waals surface area contributed by atoms with Gasteiger partial charge in [0.15, 0.2) is 0 Å². The summed E-state index contributed by atoms with van der Waals surface area (Å²) >= 11 is 17.2. The second-order valence-electron chi connectivity index (χ2n) is 7.46. The Bertz CT molecular complexity index is 896. The summed E-state index contributed by atoms with van der Waals surface area (Å²) in [4.78, 5) is 27.8. The lowest BCUT2D eigenvalue weighted by Gasteiger charge is -2.30. The SMILES string of the molecule is CCCCNC(=O)[C@H](CC)N(Cc1ccc(Cl)c(Cl)c1)C(=O)CSCc1ccc(Br)cc1. The van der Waals surface area contributed by atoms with E-state index >= 15 is 0 Å². The van der Waals surface area contributed by atoms with E-state index in [1.54, 1.807) is 28.8 Å². The van der Waals surface area contributed by atoms with Gasteiger partial charge in [0.05, 0.1) is 15.8 Å². The van der Waals surface area contributed by atoms with E-state index in [0.717, 1.165) is 34.2 Å². The van der Waals surface area contributed by atoms with Crippen LogP contribution in [0, 0.1) is 0 Å². The quantitative estimate of drug-likeness (QED) is 0.294. The van der Waals surface area contributed by atoms with E-state index in [2.05, 4.69) is 28.2 Å². The van der Waals surface area contributed by atoms with Gasteiger partial charge in [-0.05, 0) is 48.2 Å². The Hall–Kier alpha value is -1.21. The first-order valence-corrected chi connectivity index (χ1v) is 13.4. The zero-order chi connectivity index (χ0) is 23.5. The van der Waals surface area contributed by atoms with Crippen molar-refractivity contribution in [2.24, 2.45) is 0 Å². The molecule has 0 saturated heterocycles. The van der Waals surface area contributed by atoms with Crippen LogP contribution in [-0.2, 0) is 21.9 Å². The fourth-order valence-electron chi connectivity index (χ4n) is 3.18. The molecule has 0 aromatic heterocycles. The molecule has 0 heterocycles. The summed E-state index contributed by atoms with van der Waals surface area (Å²) in [6, 6.07) is 12.8. The van der Waals surface area contributed by atoms with E-state index < -0.39 is 6.04 Å². The average molecular weight is 560 g/mol. The highest BCUT2D eigenvalue weighted by atomic mass is 79.9. The lowest BCUT2D eigenvalue weighted by Crippen LogP contribution is -2.49. The molecule has 0 fully saturated rings. The van der Waals surface area contributed by atoms with Gasteiger partial charge in [0, 0.05) is 23.3 Å². The number of amides is 2. The lowest BCUT2D eigenvalue weighted by atomic mass is 10.1. The van der Waals surface area contributed by atoms with Crippen LogP contribution < -0.4 is 5.32 Å². The highest BCUT2D eigenvalue weighted by Crippen LogP contribution is 2.25. The number of unbranched alkanes of at least 4 members (excludes halogenated alkanes) is 1. The number of hydrogen-bond acceptors (Lipinski definition) is 3. The van der Waals surface area contributed by atoms with Gasteiger partial charge in [0.1, 0.15) is 6.04 Å². The van der Waals surface area contributed by atoms with Gasteiger partial charge >= 0.3 is 0 Å². The van der Waals surface area contributed by atoms with Crippen molar-refractivity contribution in [1.82, 2.24) is 10.2 Å². The molecule has 1 N–H and O–H groups in total. The second kappa shape index (κ2) is 14.1. The normalized spacial score (nSPS) is 11.8. The number of carbonyl (C=O) groups is 2. The second-order valence-corrected chi connectivity index (χ2v) is 10.2. The third kappa shape index (κ3) is 8.62. The fourth-order valence-corrected chi connectivity index (χ4v) is 4.64. The van der Waals surface area contributed by atoms with Crippen LogP contribution in [0.4, 0.5) is 0 Å². The molecule has 0 unspecified atom stereocenters. The van der Waals surface area contributed by atoms with Gasteiger partial charge in [0.2, 0.25) is 11.8 Å². The Kier molecular flexibility index (Phi) is 11.9. The van der Waals surface area contributed by atoms with E-state index in [1.165, 1.54) is 0 Å². The first-order valence-electron chi connectivity index (χ1n) is 10.7. The molecular formula is C24H29BrCl2N2O2S. The average Bonchev–Trinajstić information content (AvgIpc) is 2.77. The van der Waals surface area contributed by atoms with Crippen LogP contribution in [0.3, 0.4) is 0 Å². The maximum Gasteiger partial charge on any atom is 0.242 e. The summed E-state index contributed by atoms with van der Waals surface area (Å²) in [5, 5.41) is 3.87. The Labute approximate surface area is 213 Å². The summed E-state index contributed by atoms with van der Waals surface area (Å²) < 4.78 is 1.02. The van der Waals surface area contributed by atoms with Crippen molar-refractivity contribution in [2.75, 3.05) is 12.3 Å². The van der Waals surface area contributed by atoms with E-state index in [0.29, 0.717) is 29.6 Å². The monoisotopic (exact) mass is 558 g/mol. The molecule has 0 radical (unpaired) electrons. The van der Waals surface area contributed by atoms with Crippen molar-refractivity contribution >= 4 is 62.7 Å². The fraction of sp³-hybridized carbons (Fsp3) is 0.417. The predicted molar refractivity (Wildman–Crippen MR) is 139 cm³/mol. The topological polar surface area (TPSA) is 49.4 Å². The number of hydrogen-bond donors (Lipinski definition) is 1. The van der Waals surface area contributed by atoms with Crippen molar-refractivity contribution in [3.8, 4) is 0 Å². The predicted octanol–water partition coefficient (Wildman–Crippen LogP) is 6.71. The standard InChI is InChI=1S/C24H29BrCl2N2O2S/c1-3-5-12-28-24(31)22(4-2)29(14-18-8-11-20(26)21(27)13-18)23(30)16-32-15-17-6-9-19(25)10-7-17/h6-11,13,22H,3-5,12,14-16H2,1-2H3,(H,28,31)/t22-/m0/s1. The highest BCUT2D eigenvalue weighted by molar-refractivity contribution is 9.10. The largest absolute Gasteiger partial charge is 0.354 e. The smallest absolute Gasteiger partial charge is 0.242 e. The molecule has 0 aliphatic carbocycles. The van der Waals surface area contributed by atoms with Crippen LogP contribution in [0.2, 0.25) is 10.0 Å². The zero-order valence-electron chi connectivity index (χ0n) is 18.4. The first kappa shape index (κ1) is 27.0. The summed E-state index contributed by atoms with van der Waals surface area (Å²) in [5.74, 6) is 0.817. The molecule has 1 atom stereocenters. The molecule has 2 rings (SSSR count). The van der Waals surface area contributed by atoms with Crippen molar-refractivity contribution in [3.05, 3.63) is 68.1 Å². The molecule has 2 amide bonds. The zero-order valence-corrected chi connectivity index (χ0v) is 22.3. The van der Waals surface area contributed by atoms with Crippen LogP contribution in [0.25, 0.3) is 0 Å². The molecule has 8 heteroatoms. The minimum Gasteiger partial charge on any atom is -0.354 e. The van der Waals surface area contributed by atoms with E-state index in [4.69, 9.17) is 23.2 Å². The summed E-state index contributed by atoms with van der Waals surface area (Å²) in [6.45, 7) is 4.91. The highest BCUT2D eigenvalue weighted by Gasteiger charge is 2.28. The van der Waals surface area contributed by atoms with Crippen molar-refractivity contribution < 1.29 is 9.59 Å². The molecule has 0 spiro atoms. The van der Waals surface area contributed by atoms with Gasteiger partial charge in [-0.25, -0.2) is 0 Å². The number of nitrogens with one attached hydrogen (secondary N) is 1. The molecule has 0 aliphatic rings. The summed E-state index contributed by atoms with van der Waals surface area (Å²) in [5.41, 5.74) is 1.98. The minimum absolute atomic E-state index is 0.0734. The van der Waals surface area contributed by atoms with Crippen molar-refractivity contribution in [1.29, 1.82) is 0 Å². The van der Waals surface area contributed by atoms with Gasteiger partial charge in [0.25, 0.3) is 0 Å². The Morgan fingerprint density at radius 2 is 1.75 bits per heavy atom. The Morgan fingerprint density at radius 3 is 2.38 bits per heavy atom. The summed E-state index contributed by atoms with van der Waals surface area (Å²) in [6.07, 6.45) is 2.43. The van der Waals surface area contributed by atoms with E-state index in [-0.39, 0.29) is 17.6 Å². The molecule has 174 valence electrons. The molecule has 2 aromatic carbocycles. The number of rotatable bonds is 12. The van der Waals surface area contributed by atoms with Crippen LogP contribution in [0.15, 0.2) is 46.9 Å². The van der Waals surface area contributed by atoms with Gasteiger partial charge in [-0.2, -0.15) is 0 Å². The maximum absolute atomic E-state index is 13.2. The number of halogens is 3. The first-order chi connectivity index (χ1) is 15.3. The van der Waals surface area contributed by atoms with Gasteiger partial charge in [-0.15, -0.1) is 11.8 Å². The van der Waals surface area contributed by atoms with E-state index in [9.17, 15) is 9.59 Å². The molecule has 2 aromatic rings. The summed E-state index contributed by atoms with van der Waals surface area (Å²) in [7, 11) is 0. The molecule has 0 aliphatic heterocycles. The molecule has 0 bridgehead atoms. The third-order valence-corrected chi connectivity index (χ3v) is 7.22. The Balaban J connectivity index is 2.12. The lowest BCUT2D eigenvalue weighted by molar-refractivity contribution is -0.139. The third-order valence-electron chi connectivity index (χ3n) is 4.96. The number of thioether (sulfide) groups is 1. The van der Waals surface area contributed by atoms with E-state index in [1.807, 2.05) is 37.3 Å². The molecule has 32 heavy (non-hydrogen) atoms. The van der Waals surface area contributed by atoms with Crippen molar-refractivity contribution in [3.63, 3.8) is 0 Å². The van der Waals surface area contributed by atoms with Crippen molar-refractivity contribution in [2.45, 2.75) is 51.4 Å². The van der Waals surface area contributed by atoms with Crippen LogP contribution in [-0.4, -0.2) is 35.1 Å². The van der Waals surface area contributed by atoms with Gasteiger partial charge in [-0.3, -0.25) is 9.59 Å². The molecule has 4 nitrogen and oxygen atoms in total. The van der Waals surface area contributed by atoms with Crippen LogP contribution in [0.5, 0.6) is 0 Å².